The molecule has 2 amide bonds. The number of rotatable bonds is 6. The number of ether oxygens (including phenoxy) is 1. The number of amides is 2. The number of nitrogens with zero attached hydrogens (tertiary/aromatic N) is 2. The van der Waals surface area contributed by atoms with Gasteiger partial charge in [0.25, 0.3) is 5.91 Å². The van der Waals surface area contributed by atoms with Crippen LogP contribution < -0.4 is 10.1 Å². The Morgan fingerprint density at radius 1 is 1.13 bits per heavy atom. The summed E-state index contributed by atoms with van der Waals surface area (Å²) in [6.45, 7) is 3.05. The minimum atomic E-state index is 0. The molecule has 31 heavy (non-hydrogen) atoms. The molecule has 0 aromatic heterocycles. The van der Waals surface area contributed by atoms with E-state index in [2.05, 4.69) is 17.3 Å². The number of hydrogen-bond donors (Lipinski definition) is 1. The lowest BCUT2D eigenvalue weighted by atomic mass is 9.98. The number of carbonyl (C=O) groups is 2. The lowest BCUT2D eigenvalue weighted by Gasteiger charge is -2.36. The van der Waals surface area contributed by atoms with E-state index in [1.807, 2.05) is 53.4 Å². The molecule has 0 aliphatic carbocycles. The van der Waals surface area contributed by atoms with Gasteiger partial charge in [-0.3, -0.25) is 14.5 Å². The number of piperidine rings is 1. The van der Waals surface area contributed by atoms with Gasteiger partial charge in [-0.1, -0.05) is 18.2 Å². The van der Waals surface area contributed by atoms with Crippen LogP contribution >= 0.6 is 12.4 Å². The molecule has 2 aromatic carbocycles. The number of hydrogen-bond acceptors (Lipinski definition) is 4. The molecule has 0 spiro atoms. The molecule has 166 valence electrons. The zero-order chi connectivity index (χ0) is 20.9. The van der Waals surface area contributed by atoms with E-state index in [1.165, 1.54) is 0 Å². The largest absolute Gasteiger partial charge is 0.492 e. The van der Waals surface area contributed by atoms with Crippen molar-refractivity contribution in [3.05, 3.63) is 59.7 Å². The van der Waals surface area contributed by atoms with Crippen LogP contribution in [0.3, 0.4) is 0 Å². The molecule has 4 rings (SSSR count). The number of nitrogens with one attached hydrogen (secondary N) is 1. The van der Waals surface area contributed by atoms with Crippen molar-refractivity contribution in [3.8, 4) is 5.75 Å². The topological polar surface area (TPSA) is 61.9 Å². The standard InChI is InChI=1S/C24H29N3O3.ClH/c1-26(15-16-30-21-5-3-2-4-6-21)20-11-13-27(14-12-20)24(29)19-7-9-22-18(17-19)8-10-23(28)25-22;/h2-7,9,17,20H,8,10-16H2,1H3,(H,25,28);1H. The maximum absolute atomic E-state index is 13.0. The van der Waals surface area contributed by atoms with Gasteiger partial charge in [0.2, 0.25) is 5.91 Å². The Hall–Kier alpha value is -2.57. The first-order valence-electron chi connectivity index (χ1n) is 10.7. The van der Waals surface area contributed by atoms with E-state index in [1.54, 1.807) is 0 Å². The average Bonchev–Trinajstić information content (AvgIpc) is 2.79. The maximum Gasteiger partial charge on any atom is 0.253 e. The molecular weight excluding hydrogens is 414 g/mol. The number of fused-ring (bicyclic) bond motifs is 1. The molecule has 1 fully saturated rings. The summed E-state index contributed by atoms with van der Waals surface area (Å²) < 4.78 is 5.80. The van der Waals surface area contributed by atoms with Crippen LogP contribution in [0.2, 0.25) is 0 Å². The van der Waals surface area contributed by atoms with Crippen molar-refractivity contribution >= 4 is 29.9 Å². The van der Waals surface area contributed by atoms with Crippen LogP contribution in [-0.4, -0.2) is 60.9 Å². The normalized spacial score (nSPS) is 16.3. The zero-order valence-corrected chi connectivity index (χ0v) is 18.7. The summed E-state index contributed by atoms with van der Waals surface area (Å²) in [5.74, 6) is 1.03. The molecule has 0 atom stereocenters. The summed E-state index contributed by atoms with van der Waals surface area (Å²) >= 11 is 0. The number of halogens is 1. The zero-order valence-electron chi connectivity index (χ0n) is 17.9. The van der Waals surface area contributed by atoms with Crippen LogP contribution in [0, 0.1) is 0 Å². The van der Waals surface area contributed by atoms with E-state index < -0.39 is 0 Å². The van der Waals surface area contributed by atoms with Crippen LogP contribution in [0.4, 0.5) is 5.69 Å². The number of carbonyl (C=O) groups excluding carboxylic acids is 2. The van der Waals surface area contributed by atoms with E-state index in [9.17, 15) is 9.59 Å². The predicted molar refractivity (Wildman–Crippen MR) is 124 cm³/mol. The number of benzene rings is 2. The van der Waals surface area contributed by atoms with Crippen molar-refractivity contribution in [1.29, 1.82) is 0 Å². The van der Waals surface area contributed by atoms with Crippen molar-refractivity contribution in [2.45, 2.75) is 31.7 Å². The molecule has 0 unspecified atom stereocenters. The first kappa shape index (κ1) is 23.1. The molecule has 2 aliphatic rings. The van der Waals surface area contributed by atoms with Crippen LogP contribution in [0.25, 0.3) is 0 Å². The molecule has 2 heterocycles. The fraction of sp³-hybridized carbons (Fsp3) is 0.417. The first-order chi connectivity index (χ1) is 14.6. The summed E-state index contributed by atoms with van der Waals surface area (Å²) in [7, 11) is 2.13. The minimum absolute atomic E-state index is 0. The van der Waals surface area contributed by atoms with Gasteiger partial charge in [-0.25, -0.2) is 0 Å². The fourth-order valence-corrected chi connectivity index (χ4v) is 4.22. The molecule has 0 radical (unpaired) electrons. The van der Waals surface area contributed by atoms with Gasteiger partial charge in [0.15, 0.2) is 0 Å². The molecule has 7 heteroatoms. The summed E-state index contributed by atoms with van der Waals surface area (Å²) in [5.41, 5.74) is 2.60. The van der Waals surface area contributed by atoms with Gasteiger partial charge in [0, 0.05) is 43.3 Å². The number of likely N-dealkylation sites (tertiary alicyclic amines) is 1. The molecule has 6 nitrogen and oxygen atoms in total. The highest BCUT2D eigenvalue weighted by atomic mass is 35.5. The van der Waals surface area contributed by atoms with E-state index in [0.717, 1.165) is 49.5 Å². The monoisotopic (exact) mass is 443 g/mol. The lowest BCUT2D eigenvalue weighted by molar-refractivity contribution is -0.116. The van der Waals surface area contributed by atoms with E-state index in [-0.39, 0.29) is 24.2 Å². The summed E-state index contributed by atoms with van der Waals surface area (Å²) in [4.78, 5) is 28.8. The minimum Gasteiger partial charge on any atom is -0.492 e. The third-order valence-corrected chi connectivity index (χ3v) is 6.08. The quantitative estimate of drug-likeness (QED) is 0.740. The number of aryl methyl sites for hydroxylation is 1. The average molecular weight is 444 g/mol. The second kappa shape index (κ2) is 10.6. The van der Waals surface area contributed by atoms with Gasteiger partial charge < -0.3 is 15.0 Å². The smallest absolute Gasteiger partial charge is 0.253 e. The van der Waals surface area contributed by atoms with Crippen LogP contribution in [-0.2, 0) is 11.2 Å². The third-order valence-electron chi connectivity index (χ3n) is 6.08. The van der Waals surface area contributed by atoms with Crippen molar-refractivity contribution in [3.63, 3.8) is 0 Å². The summed E-state index contributed by atoms with van der Waals surface area (Å²) in [6.07, 6.45) is 3.11. The molecule has 0 bridgehead atoms. The highest BCUT2D eigenvalue weighted by Crippen LogP contribution is 2.25. The van der Waals surface area contributed by atoms with Crippen molar-refractivity contribution in [2.75, 3.05) is 38.6 Å². The predicted octanol–water partition coefficient (Wildman–Crippen LogP) is 3.61. The van der Waals surface area contributed by atoms with Gasteiger partial charge in [0.1, 0.15) is 12.4 Å². The van der Waals surface area contributed by atoms with Gasteiger partial charge in [-0.05, 0) is 62.2 Å². The summed E-state index contributed by atoms with van der Waals surface area (Å²) in [6, 6.07) is 16.0. The van der Waals surface area contributed by atoms with E-state index in [0.29, 0.717) is 31.1 Å². The van der Waals surface area contributed by atoms with Gasteiger partial charge in [-0.2, -0.15) is 0 Å². The highest BCUT2D eigenvalue weighted by molar-refractivity contribution is 5.98. The number of anilines is 1. The van der Waals surface area contributed by atoms with E-state index in [4.69, 9.17) is 4.74 Å². The summed E-state index contributed by atoms with van der Waals surface area (Å²) in [5, 5.41) is 2.87. The molecule has 1 N–H and O–H groups in total. The molecule has 0 saturated carbocycles. The van der Waals surface area contributed by atoms with Gasteiger partial charge >= 0.3 is 0 Å². The van der Waals surface area contributed by atoms with Crippen LogP contribution in [0.1, 0.15) is 35.2 Å². The third kappa shape index (κ3) is 5.77. The van der Waals surface area contributed by atoms with Gasteiger partial charge in [0.05, 0.1) is 0 Å². The Labute approximate surface area is 190 Å². The van der Waals surface area contributed by atoms with Crippen molar-refractivity contribution in [2.24, 2.45) is 0 Å². The molecular formula is C24H30ClN3O3. The SMILES string of the molecule is CN(CCOc1ccccc1)C1CCN(C(=O)c2ccc3c(c2)CCC(=O)N3)CC1.Cl. The maximum atomic E-state index is 13.0. The van der Waals surface area contributed by atoms with Gasteiger partial charge in [-0.15, -0.1) is 12.4 Å². The highest BCUT2D eigenvalue weighted by Gasteiger charge is 2.26. The Balaban J connectivity index is 0.00000272. The second-order valence-electron chi connectivity index (χ2n) is 8.09. The Bertz CT molecular complexity index is 898. The molecule has 2 aliphatic heterocycles. The Kier molecular flexibility index (Phi) is 7.93. The first-order valence-corrected chi connectivity index (χ1v) is 10.7. The second-order valence-corrected chi connectivity index (χ2v) is 8.09. The van der Waals surface area contributed by atoms with E-state index >= 15 is 0 Å². The fourth-order valence-electron chi connectivity index (χ4n) is 4.22. The van der Waals surface area contributed by atoms with Crippen molar-refractivity contribution in [1.82, 2.24) is 9.80 Å². The Morgan fingerprint density at radius 3 is 2.61 bits per heavy atom. The molecule has 1 saturated heterocycles. The van der Waals surface area contributed by atoms with Crippen molar-refractivity contribution < 1.29 is 14.3 Å². The number of para-hydroxylation sites is 1. The Morgan fingerprint density at radius 2 is 1.87 bits per heavy atom. The lowest BCUT2D eigenvalue weighted by Crippen LogP contribution is -2.46. The molecule has 2 aromatic rings. The van der Waals surface area contributed by atoms with Crippen LogP contribution in [0.5, 0.6) is 5.75 Å². The van der Waals surface area contributed by atoms with Crippen LogP contribution in [0.15, 0.2) is 48.5 Å². The number of likely N-dealkylation sites (N-methyl/N-ethyl adjacent to an activating group) is 1.